The Morgan fingerprint density at radius 3 is 2.64 bits per heavy atom. The lowest BCUT2D eigenvalue weighted by atomic mass is 10.2. The van der Waals surface area contributed by atoms with Crippen LogP contribution in [0.15, 0.2) is 6.07 Å². The minimum atomic E-state index is 0.00945. The van der Waals surface area contributed by atoms with E-state index in [1.165, 1.54) is 12.8 Å². The molecule has 0 bridgehead atoms. The van der Waals surface area contributed by atoms with Gasteiger partial charge in [-0.05, 0) is 20.4 Å². The van der Waals surface area contributed by atoms with Crippen molar-refractivity contribution in [3.8, 4) is 0 Å². The molecule has 2 rings (SSSR count). The second kappa shape index (κ2) is 8.08. The molecule has 1 amide bonds. The van der Waals surface area contributed by atoms with E-state index in [0.717, 1.165) is 45.0 Å². The van der Waals surface area contributed by atoms with Crippen molar-refractivity contribution in [2.75, 3.05) is 45.1 Å². The number of likely N-dealkylation sites (N-methyl/N-ethyl adjacent to an activating group) is 1. The van der Waals surface area contributed by atoms with Gasteiger partial charge in [-0.3, -0.25) is 4.79 Å². The average molecular weight is 305 g/mol. The third-order valence-corrected chi connectivity index (χ3v) is 3.93. The quantitative estimate of drug-likeness (QED) is 0.812. The third-order valence-electron chi connectivity index (χ3n) is 3.93. The molecule has 0 radical (unpaired) electrons. The lowest BCUT2D eigenvalue weighted by Gasteiger charge is -2.32. The summed E-state index contributed by atoms with van der Waals surface area (Å²) < 4.78 is 0. The van der Waals surface area contributed by atoms with Crippen LogP contribution in [0.5, 0.6) is 0 Å². The van der Waals surface area contributed by atoms with Crippen molar-refractivity contribution in [3.05, 3.63) is 17.6 Å². The maximum absolute atomic E-state index is 12.6. The maximum Gasteiger partial charge on any atom is 0.272 e. The fourth-order valence-corrected chi connectivity index (χ4v) is 2.53. The first-order valence-electron chi connectivity index (χ1n) is 8.17. The fourth-order valence-electron chi connectivity index (χ4n) is 2.53. The van der Waals surface area contributed by atoms with Gasteiger partial charge in [0.15, 0.2) is 0 Å². The lowest BCUT2D eigenvalue weighted by molar-refractivity contribution is 0.0658. The van der Waals surface area contributed by atoms with Crippen LogP contribution in [0.1, 0.15) is 42.5 Å². The molecule has 22 heavy (non-hydrogen) atoms. The third kappa shape index (κ3) is 4.66. The first-order valence-corrected chi connectivity index (χ1v) is 8.17. The van der Waals surface area contributed by atoms with E-state index in [9.17, 15) is 4.79 Å². The van der Waals surface area contributed by atoms with E-state index in [2.05, 4.69) is 34.2 Å². The van der Waals surface area contributed by atoms with Gasteiger partial charge in [-0.15, -0.1) is 0 Å². The molecule has 0 spiro atoms. The van der Waals surface area contributed by atoms with Crippen molar-refractivity contribution < 1.29 is 4.79 Å². The van der Waals surface area contributed by atoms with Gasteiger partial charge in [0.25, 0.3) is 5.91 Å². The fraction of sp³-hybridized carbons (Fsp3) is 0.688. The van der Waals surface area contributed by atoms with Crippen LogP contribution in [0.4, 0.5) is 5.82 Å². The molecule has 1 aliphatic rings. The van der Waals surface area contributed by atoms with E-state index in [-0.39, 0.29) is 5.91 Å². The molecule has 122 valence electrons. The number of piperazine rings is 1. The summed E-state index contributed by atoms with van der Waals surface area (Å²) in [6.07, 6.45) is 3.50. The van der Waals surface area contributed by atoms with Crippen molar-refractivity contribution in [1.82, 2.24) is 19.8 Å². The van der Waals surface area contributed by atoms with Crippen LogP contribution in [0.3, 0.4) is 0 Å². The van der Waals surface area contributed by atoms with Gasteiger partial charge < -0.3 is 15.1 Å². The molecule has 1 aromatic heterocycles. The van der Waals surface area contributed by atoms with Gasteiger partial charge in [-0.25, -0.2) is 9.97 Å². The van der Waals surface area contributed by atoms with Gasteiger partial charge in [0.1, 0.15) is 17.3 Å². The predicted octanol–water partition coefficient (Wildman–Crippen LogP) is 1.77. The molecule has 6 heteroatoms. The molecule has 0 atom stereocenters. The van der Waals surface area contributed by atoms with Crippen molar-refractivity contribution in [1.29, 1.82) is 0 Å². The summed E-state index contributed by atoms with van der Waals surface area (Å²) in [5.41, 5.74) is 0.495. The number of aryl methyl sites for hydroxylation is 1. The Morgan fingerprint density at radius 2 is 1.95 bits per heavy atom. The zero-order chi connectivity index (χ0) is 15.9. The number of hydrogen-bond donors (Lipinski definition) is 1. The van der Waals surface area contributed by atoms with Crippen molar-refractivity contribution in [3.63, 3.8) is 0 Å². The van der Waals surface area contributed by atoms with E-state index in [1.54, 1.807) is 6.07 Å². The van der Waals surface area contributed by atoms with Gasteiger partial charge in [-0.1, -0.05) is 19.8 Å². The molecule has 1 aliphatic heterocycles. The molecule has 6 nitrogen and oxygen atoms in total. The highest BCUT2D eigenvalue weighted by atomic mass is 16.2. The highest BCUT2D eigenvalue weighted by Gasteiger charge is 2.22. The smallest absolute Gasteiger partial charge is 0.272 e. The van der Waals surface area contributed by atoms with E-state index in [1.807, 2.05) is 11.8 Å². The van der Waals surface area contributed by atoms with Gasteiger partial charge in [-0.2, -0.15) is 0 Å². The summed E-state index contributed by atoms with van der Waals surface area (Å²) in [5.74, 6) is 1.40. The first kappa shape index (κ1) is 16.7. The molecule has 0 aliphatic carbocycles. The maximum atomic E-state index is 12.6. The number of nitrogens with zero attached hydrogens (tertiary/aromatic N) is 4. The summed E-state index contributed by atoms with van der Waals surface area (Å²) in [7, 11) is 2.08. The van der Waals surface area contributed by atoms with Gasteiger partial charge >= 0.3 is 0 Å². The van der Waals surface area contributed by atoms with Crippen molar-refractivity contribution in [2.45, 2.75) is 33.1 Å². The molecule has 0 unspecified atom stereocenters. The monoisotopic (exact) mass is 305 g/mol. The van der Waals surface area contributed by atoms with Gasteiger partial charge in [0, 0.05) is 38.8 Å². The molecular weight excluding hydrogens is 278 g/mol. The average Bonchev–Trinajstić information content (AvgIpc) is 2.51. The summed E-state index contributed by atoms with van der Waals surface area (Å²) in [4.78, 5) is 25.4. The number of nitrogens with one attached hydrogen (secondary N) is 1. The first-order chi connectivity index (χ1) is 10.6. The Labute approximate surface area is 132 Å². The molecular formula is C16H27N5O. The minimum Gasteiger partial charge on any atom is -0.370 e. The molecule has 0 aromatic carbocycles. The van der Waals surface area contributed by atoms with E-state index >= 15 is 0 Å². The van der Waals surface area contributed by atoms with E-state index in [0.29, 0.717) is 11.5 Å². The van der Waals surface area contributed by atoms with Crippen LogP contribution >= 0.6 is 0 Å². The van der Waals surface area contributed by atoms with E-state index < -0.39 is 0 Å². The number of rotatable bonds is 6. The molecule has 1 N–H and O–H groups in total. The van der Waals surface area contributed by atoms with E-state index in [4.69, 9.17) is 0 Å². The lowest BCUT2D eigenvalue weighted by Crippen LogP contribution is -2.47. The Bertz CT molecular complexity index is 497. The Balaban J connectivity index is 2.00. The van der Waals surface area contributed by atoms with Crippen LogP contribution in [0, 0.1) is 6.92 Å². The predicted molar refractivity (Wildman–Crippen MR) is 88.2 cm³/mol. The highest BCUT2D eigenvalue weighted by molar-refractivity contribution is 5.93. The Hall–Kier alpha value is -1.69. The molecule has 0 saturated carbocycles. The largest absolute Gasteiger partial charge is 0.370 e. The molecule has 1 fully saturated rings. The van der Waals surface area contributed by atoms with Crippen LogP contribution in [-0.2, 0) is 0 Å². The van der Waals surface area contributed by atoms with Gasteiger partial charge in [0.05, 0.1) is 0 Å². The highest BCUT2D eigenvalue weighted by Crippen LogP contribution is 2.11. The zero-order valence-electron chi connectivity index (χ0n) is 13.9. The summed E-state index contributed by atoms with van der Waals surface area (Å²) in [5, 5.41) is 3.30. The topological polar surface area (TPSA) is 61.4 Å². The SMILES string of the molecule is CCCCCNc1cc(C(=O)N2CCN(C)CC2)nc(C)n1. The number of carbonyl (C=O) groups is 1. The van der Waals surface area contributed by atoms with Crippen LogP contribution in [0.2, 0.25) is 0 Å². The number of hydrogen-bond acceptors (Lipinski definition) is 5. The Morgan fingerprint density at radius 1 is 1.23 bits per heavy atom. The number of amides is 1. The number of unbranched alkanes of at least 4 members (excludes halogenated alkanes) is 2. The normalized spacial score (nSPS) is 15.9. The number of aromatic nitrogens is 2. The standard InChI is InChI=1S/C16H27N5O/c1-4-5-6-7-17-15-12-14(18-13(2)19-15)16(22)21-10-8-20(3)9-11-21/h12H,4-11H2,1-3H3,(H,17,18,19). The van der Waals surface area contributed by atoms with Crippen molar-refractivity contribution >= 4 is 11.7 Å². The Kier molecular flexibility index (Phi) is 6.12. The van der Waals surface area contributed by atoms with Crippen molar-refractivity contribution in [2.24, 2.45) is 0 Å². The minimum absolute atomic E-state index is 0.00945. The summed E-state index contributed by atoms with van der Waals surface area (Å²) in [6.45, 7) is 8.25. The second-order valence-electron chi connectivity index (χ2n) is 5.91. The molecule has 2 heterocycles. The summed E-state index contributed by atoms with van der Waals surface area (Å²) >= 11 is 0. The summed E-state index contributed by atoms with van der Waals surface area (Å²) in [6, 6.07) is 1.78. The second-order valence-corrected chi connectivity index (χ2v) is 5.91. The number of anilines is 1. The van der Waals surface area contributed by atoms with Crippen LogP contribution in [0.25, 0.3) is 0 Å². The molecule has 1 aromatic rings. The zero-order valence-corrected chi connectivity index (χ0v) is 13.9. The number of carbonyl (C=O) groups excluding carboxylic acids is 1. The molecule has 1 saturated heterocycles. The van der Waals surface area contributed by atoms with Gasteiger partial charge in [0.2, 0.25) is 0 Å². The van der Waals surface area contributed by atoms with Crippen LogP contribution in [-0.4, -0.2) is 65.4 Å². The van der Waals surface area contributed by atoms with Crippen LogP contribution < -0.4 is 5.32 Å².